The highest BCUT2D eigenvalue weighted by molar-refractivity contribution is 7.87. The Morgan fingerprint density at radius 3 is 2.75 bits per heavy atom. The summed E-state index contributed by atoms with van der Waals surface area (Å²) in [5, 5.41) is -0.703. The Morgan fingerprint density at radius 2 is 2.08 bits per heavy atom. The van der Waals surface area contributed by atoms with Gasteiger partial charge in [-0.25, -0.2) is 0 Å². The van der Waals surface area contributed by atoms with Gasteiger partial charge >= 0.3 is 0 Å². The van der Waals surface area contributed by atoms with Crippen LogP contribution < -0.4 is 0 Å². The molecule has 0 saturated carbocycles. The zero-order valence-corrected chi connectivity index (χ0v) is 8.29. The maximum absolute atomic E-state index is 11.6. The molecular formula is C8H6Cl2OS. The van der Waals surface area contributed by atoms with Crippen molar-refractivity contribution >= 4 is 34.0 Å². The minimum Gasteiger partial charge on any atom is -0.253 e. The molecule has 12 heavy (non-hydrogen) atoms. The van der Waals surface area contributed by atoms with E-state index in [-0.39, 0.29) is 0 Å². The van der Waals surface area contributed by atoms with Crippen molar-refractivity contribution in [1.82, 2.24) is 0 Å². The van der Waals surface area contributed by atoms with Crippen molar-refractivity contribution in [2.75, 3.05) is 0 Å². The van der Waals surface area contributed by atoms with Crippen LogP contribution in [0.5, 0.6) is 0 Å². The Morgan fingerprint density at radius 1 is 1.42 bits per heavy atom. The Hall–Kier alpha value is -0.0500. The lowest BCUT2D eigenvalue weighted by Gasteiger charge is -2.01. The van der Waals surface area contributed by atoms with E-state index < -0.39 is 20.9 Å². The Kier molecular flexibility index (Phi) is 1.85. The molecule has 2 rings (SSSR count). The van der Waals surface area contributed by atoms with E-state index in [4.69, 9.17) is 24.6 Å². The summed E-state index contributed by atoms with van der Waals surface area (Å²) in [7, 11) is -1.54. The molecular weight excluding hydrogens is 215 g/mol. The molecule has 4 heteroatoms. The van der Waals surface area contributed by atoms with Gasteiger partial charge in [-0.05, 0) is 11.6 Å². The lowest BCUT2D eigenvalue weighted by atomic mass is 10.2. The number of fused-ring (bicyclic) bond motifs is 1. The number of rotatable bonds is 0. The van der Waals surface area contributed by atoms with Crippen molar-refractivity contribution < 1.29 is 5.58 Å². The smallest absolute Gasteiger partial charge is 0.134 e. The molecule has 1 aliphatic rings. The summed E-state index contributed by atoms with van der Waals surface area (Å²) in [6, 6.07) is 7.01. The summed E-state index contributed by atoms with van der Waals surface area (Å²) in [6.45, 7) is 0. The van der Waals surface area contributed by atoms with Crippen LogP contribution in [0.15, 0.2) is 29.2 Å². The van der Waals surface area contributed by atoms with Crippen LogP contribution in [0.25, 0.3) is 0 Å². The van der Waals surface area contributed by atoms with Crippen molar-refractivity contribution in [2.24, 2.45) is 0 Å². The zero-order chi connectivity index (χ0) is 9.64. The fourth-order valence-corrected chi connectivity index (χ4v) is 3.17. The first-order valence-corrected chi connectivity index (χ1v) is 5.35. The van der Waals surface area contributed by atoms with Crippen LogP contribution in [0.2, 0.25) is 0 Å². The molecule has 0 aliphatic carbocycles. The fourth-order valence-electron chi connectivity index (χ4n) is 1.18. The van der Waals surface area contributed by atoms with Crippen LogP contribution in [0.1, 0.15) is 12.3 Å². The molecule has 1 aromatic carbocycles. The molecule has 3 atom stereocenters. The number of alkyl halides is 2. The van der Waals surface area contributed by atoms with Crippen molar-refractivity contribution in [2.45, 2.75) is 15.0 Å². The Balaban J connectivity index is 2.64. The van der Waals surface area contributed by atoms with Gasteiger partial charge in [-0.2, -0.15) is 0 Å². The summed E-state index contributed by atoms with van der Waals surface area (Å²) >= 11 is 11.7. The molecule has 1 aromatic rings. The van der Waals surface area contributed by atoms with E-state index in [0.717, 1.165) is 0 Å². The molecule has 0 amide bonds. The third kappa shape index (κ3) is 1.10. The number of hydrogen-bond donors (Lipinski definition) is 0. The second-order valence-electron chi connectivity index (χ2n) is 2.47. The van der Waals surface area contributed by atoms with Gasteiger partial charge in [0.25, 0.3) is 0 Å². The van der Waals surface area contributed by atoms with Crippen molar-refractivity contribution in [3.63, 3.8) is 0 Å². The monoisotopic (exact) mass is 221 g/mol. The predicted octanol–water partition coefficient (Wildman–Crippen LogP) is 2.65. The van der Waals surface area contributed by atoms with E-state index in [1.165, 1.54) is 0 Å². The maximum Gasteiger partial charge on any atom is 0.134 e. The second-order valence-corrected chi connectivity index (χ2v) is 4.96. The summed E-state index contributed by atoms with van der Waals surface area (Å²) in [6.07, 6.45) is 0. The largest absolute Gasteiger partial charge is 0.253 e. The first-order valence-electron chi connectivity index (χ1n) is 3.89. The van der Waals surface area contributed by atoms with Gasteiger partial charge in [0.15, 0.2) is 0 Å². The van der Waals surface area contributed by atoms with E-state index >= 15 is 0 Å². The summed E-state index contributed by atoms with van der Waals surface area (Å²) in [4.78, 5) is 0.576. The van der Waals surface area contributed by atoms with Gasteiger partial charge in [-0.3, -0.25) is 4.21 Å². The van der Waals surface area contributed by atoms with Gasteiger partial charge in [-0.15, -0.1) is 23.2 Å². The highest BCUT2D eigenvalue weighted by Gasteiger charge is 2.35. The molecule has 0 aromatic heterocycles. The van der Waals surface area contributed by atoms with Crippen LogP contribution in [0.3, 0.4) is 0 Å². The molecule has 1 nitrogen and oxygen atoms in total. The lowest BCUT2D eigenvalue weighted by molar-refractivity contribution is 0.683. The molecule has 0 radical (unpaired) electrons. The number of halogens is 2. The molecule has 0 unspecified atom stereocenters. The Bertz CT molecular complexity index is 380. The molecule has 1 heterocycles. The zero-order valence-electron chi connectivity index (χ0n) is 6.96. The maximum atomic E-state index is 11.6. The molecule has 0 N–H and O–H groups in total. The second kappa shape index (κ2) is 3.02. The molecule has 0 bridgehead atoms. The van der Waals surface area contributed by atoms with E-state index in [1.54, 1.807) is 24.3 Å². The van der Waals surface area contributed by atoms with Gasteiger partial charge in [-0.1, -0.05) is 18.2 Å². The van der Waals surface area contributed by atoms with Gasteiger partial charge in [0.2, 0.25) is 0 Å². The van der Waals surface area contributed by atoms with Crippen molar-refractivity contribution in [3.8, 4) is 0 Å². The van der Waals surface area contributed by atoms with E-state index in [2.05, 4.69) is 0 Å². The summed E-state index contributed by atoms with van der Waals surface area (Å²) < 4.78 is 17.6. The average molecular weight is 222 g/mol. The van der Waals surface area contributed by atoms with E-state index in [9.17, 15) is 4.21 Å². The minimum absolute atomic E-state index is 0.576. The molecule has 0 saturated heterocycles. The van der Waals surface area contributed by atoms with E-state index in [0.29, 0.717) is 10.5 Å². The summed E-state index contributed by atoms with van der Waals surface area (Å²) in [5.74, 6) is 0. The topological polar surface area (TPSA) is 17.1 Å². The summed E-state index contributed by atoms with van der Waals surface area (Å²) in [5.41, 5.74) is 0.701. The van der Waals surface area contributed by atoms with Gasteiger partial charge in [0.05, 0.1) is 17.5 Å². The number of benzene rings is 1. The molecule has 0 fully saturated rings. The third-order valence-electron chi connectivity index (χ3n) is 1.77. The number of hydrogen-bond acceptors (Lipinski definition) is 1. The van der Waals surface area contributed by atoms with Crippen LogP contribution in [-0.2, 0) is 10.8 Å². The molecule has 64 valence electrons. The fraction of sp³-hybridized carbons (Fsp3) is 0.250. The van der Waals surface area contributed by atoms with Crippen LogP contribution in [0.4, 0.5) is 0 Å². The first-order chi connectivity index (χ1) is 6.05. The third-order valence-corrected chi connectivity index (χ3v) is 4.46. The standard InChI is InChI=1S/C8H6Cl2OS/c9-7-5-3-1-2-4-6(5)12(11)8(7)10/h1-4,7-8H/t7-,8+,12-/m0/s1/i8D. The minimum atomic E-state index is -1.62. The van der Waals surface area contributed by atoms with Crippen LogP contribution in [-0.4, -0.2) is 8.89 Å². The predicted molar refractivity (Wildman–Crippen MR) is 51.1 cm³/mol. The van der Waals surface area contributed by atoms with Crippen molar-refractivity contribution in [3.05, 3.63) is 29.8 Å². The molecule has 1 aliphatic heterocycles. The highest BCUT2D eigenvalue weighted by atomic mass is 35.5. The normalized spacial score (nSPS) is 40.7. The van der Waals surface area contributed by atoms with Gasteiger partial charge in [0.1, 0.15) is 4.69 Å². The average Bonchev–Trinajstić information content (AvgIpc) is 2.30. The van der Waals surface area contributed by atoms with Crippen LogP contribution in [0, 0.1) is 0 Å². The molecule has 0 spiro atoms. The SMILES string of the molecule is [2H][C@]1(Cl)[C@@H](Cl)c2ccccc2[S@@]1=O. The van der Waals surface area contributed by atoms with E-state index in [1.807, 2.05) is 0 Å². The quantitative estimate of drug-likeness (QED) is 0.616. The highest BCUT2D eigenvalue weighted by Crippen LogP contribution is 2.42. The lowest BCUT2D eigenvalue weighted by Crippen LogP contribution is -2.02. The first kappa shape index (κ1) is 7.36. The van der Waals surface area contributed by atoms with Crippen LogP contribution >= 0.6 is 23.2 Å². The van der Waals surface area contributed by atoms with Gasteiger partial charge in [0, 0.05) is 4.90 Å². The Labute approximate surface area is 84.5 Å². The van der Waals surface area contributed by atoms with Gasteiger partial charge < -0.3 is 0 Å². The van der Waals surface area contributed by atoms with Crippen molar-refractivity contribution in [1.29, 1.82) is 0 Å².